The Kier molecular flexibility index (Phi) is 4.71. The molecule has 136 valence electrons. The van der Waals surface area contributed by atoms with Crippen molar-refractivity contribution in [2.45, 2.75) is 38.8 Å². The highest BCUT2D eigenvalue weighted by Crippen LogP contribution is 2.24. The smallest absolute Gasteiger partial charge is 0.201 e. The van der Waals surface area contributed by atoms with Crippen molar-refractivity contribution in [2.24, 2.45) is 0 Å². The van der Waals surface area contributed by atoms with Crippen LogP contribution in [0.2, 0.25) is 0 Å². The number of nitrogens with zero attached hydrogens (tertiary/aromatic N) is 4. The van der Waals surface area contributed by atoms with Gasteiger partial charge in [0.15, 0.2) is 5.82 Å². The molecule has 1 aliphatic rings. The number of aromatic nitrogens is 4. The van der Waals surface area contributed by atoms with E-state index < -0.39 is 0 Å². The molecule has 1 fully saturated rings. The standard InChI is InChI=1S/C19H24N6O/c1-13(2)18-22-23-19-16(20-11-14-6-4-3-5-7-14)10-17(24-25(18)19)21-15-8-9-26-12-15/h3-7,10,13,15,20H,8-9,11-12H2,1-2H3,(H,21,24)/t15-/m1/s1. The third-order valence-corrected chi connectivity index (χ3v) is 4.52. The number of fused-ring (bicyclic) bond motifs is 1. The first-order valence-corrected chi connectivity index (χ1v) is 9.09. The predicted octanol–water partition coefficient (Wildman–Crippen LogP) is 3.06. The van der Waals surface area contributed by atoms with Crippen LogP contribution < -0.4 is 10.6 Å². The largest absolute Gasteiger partial charge is 0.379 e. The minimum atomic E-state index is 0.240. The summed E-state index contributed by atoms with van der Waals surface area (Å²) < 4.78 is 7.31. The quantitative estimate of drug-likeness (QED) is 0.710. The Morgan fingerprint density at radius 3 is 2.81 bits per heavy atom. The topological polar surface area (TPSA) is 76.4 Å². The molecule has 0 unspecified atom stereocenters. The third-order valence-electron chi connectivity index (χ3n) is 4.52. The molecule has 7 nitrogen and oxygen atoms in total. The second kappa shape index (κ2) is 7.29. The fourth-order valence-corrected chi connectivity index (χ4v) is 3.11. The van der Waals surface area contributed by atoms with Crippen LogP contribution in [0.3, 0.4) is 0 Å². The van der Waals surface area contributed by atoms with Gasteiger partial charge in [-0.3, -0.25) is 0 Å². The molecule has 1 saturated heterocycles. The van der Waals surface area contributed by atoms with Gasteiger partial charge in [-0.05, 0) is 12.0 Å². The summed E-state index contributed by atoms with van der Waals surface area (Å²) in [6.45, 7) is 6.42. The van der Waals surface area contributed by atoms with Gasteiger partial charge in [0.25, 0.3) is 0 Å². The van der Waals surface area contributed by atoms with Crippen LogP contribution in [0, 0.1) is 0 Å². The van der Waals surface area contributed by atoms with E-state index in [2.05, 4.69) is 46.8 Å². The lowest BCUT2D eigenvalue weighted by Crippen LogP contribution is -2.21. The highest BCUT2D eigenvalue weighted by molar-refractivity contribution is 5.70. The first kappa shape index (κ1) is 16.8. The summed E-state index contributed by atoms with van der Waals surface area (Å²) >= 11 is 0. The zero-order valence-electron chi connectivity index (χ0n) is 15.1. The number of benzene rings is 1. The zero-order chi connectivity index (χ0) is 17.9. The number of rotatable bonds is 6. The van der Waals surface area contributed by atoms with E-state index in [4.69, 9.17) is 9.84 Å². The van der Waals surface area contributed by atoms with Gasteiger partial charge in [-0.1, -0.05) is 44.2 Å². The summed E-state index contributed by atoms with van der Waals surface area (Å²) in [5.41, 5.74) is 2.88. The van der Waals surface area contributed by atoms with Gasteiger partial charge in [0.05, 0.1) is 18.3 Å². The lowest BCUT2D eigenvalue weighted by molar-refractivity contribution is 0.195. The van der Waals surface area contributed by atoms with Crippen LogP contribution in [-0.4, -0.2) is 39.1 Å². The van der Waals surface area contributed by atoms with Crippen LogP contribution in [0.5, 0.6) is 0 Å². The maximum Gasteiger partial charge on any atom is 0.201 e. The summed E-state index contributed by atoms with van der Waals surface area (Å²) in [7, 11) is 0. The van der Waals surface area contributed by atoms with E-state index in [-0.39, 0.29) is 5.92 Å². The molecule has 1 atom stereocenters. The average Bonchev–Trinajstić information content (AvgIpc) is 3.30. The second-order valence-electron chi connectivity index (χ2n) is 6.94. The number of nitrogens with one attached hydrogen (secondary N) is 2. The zero-order valence-corrected chi connectivity index (χ0v) is 15.1. The second-order valence-corrected chi connectivity index (χ2v) is 6.94. The van der Waals surface area contributed by atoms with E-state index >= 15 is 0 Å². The van der Waals surface area contributed by atoms with Gasteiger partial charge in [-0.2, -0.15) is 4.52 Å². The highest BCUT2D eigenvalue weighted by atomic mass is 16.5. The van der Waals surface area contributed by atoms with Gasteiger partial charge < -0.3 is 15.4 Å². The van der Waals surface area contributed by atoms with E-state index in [1.54, 1.807) is 0 Å². The van der Waals surface area contributed by atoms with Crippen molar-refractivity contribution < 1.29 is 4.74 Å². The Morgan fingerprint density at radius 2 is 2.08 bits per heavy atom. The molecule has 0 amide bonds. The van der Waals surface area contributed by atoms with Gasteiger partial charge in [0.1, 0.15) is 5.82 Å². The number of anilines is 2. The summed E-state index contributed by atoms with van der Waals surface area (Å²) in [5.74, 6) is 1.91. The Bertz CT molecular complexity index is 870. The minimum absolute atomic E-state index is 0.240. The Morgan fingerprint density at radius 1 is 1.23 bits per heavy atom. The molecular weight excluding hydrogens is 328 g/mol. The molecule has 0 bridgehead atoms. The Balaban J connectivity index is 1.66. The molecule has 26 heavy (non-hydrogen) atoms. The minimum Gasteiger partial charge on any atom is -0.379 e. The van der Waals surface area contributed by atoms with Crippen LogP contribution in [-0.2, 0) is 11.3 Å². The molecule has 0 radical (unpaired) electrons. The lowest BCUT2D eigenvalue weighted by Gasteiger charge is -2.15. The van der Waals surface area contributed by atoms with Crippen molar-refractivity contribution in [3.05, 3.63) is 47.8 Å². The molecule has 1 aliphatic heterocycles. The molecule has 3 aromatic rings. The fraction of sp³-hybridized carbons (Fsp3) is 0.421. The summed E-state index contributed by atoms with van der Waals surface area (Å²) in [5, 5.41) is 20.4. The molecule has 4 rings (SSSR count). The van der Waals surface area contributed by atoms with Crippen LogP contribution in [0.1, 0.15) is 37.6 Å². The van der Waals surface area contributed by atoms with Crippen molar-refractivity contribution >= 4 is 17.2 Å². The molecule has 3 heterocycles. The van der Waals surface area contributed by atoms with Crippen LogP contribution in [0.15, 0.2) is 36.4 Å². The molecule has 2 N–H and O–H groups in total. The normalized spacial score (nSPS) is 17.1. The van der Waals surface area contributed by atoms with Gasteiger partial charge in [0.2, 0.25) is 5.65 Å². The Labute approximate surface area is 152 Å². The maximum atomic E-state index is 5.46. The van der Waals surface area contributed by atoms with Crippen LogP contribution >= 0.6 is 0 Å². The number of ether oxygens (including phenoxy) is 1. The van der Waals surface area contributed by atoms with E-state index in [1.165, 1.54) is 5.56 Å². The van der Waals surface area contributed by atoms with E-state index in [1.807, 2.05) is 28.8 Å². The van der Waals surface area contributed by atoms with E-state index in [0.717, 1.165) is 42.5 Å². The monoisotopic (exact) mass is 352 g/mol. The maximum absolute atomic E-state index is 5.46. The molecule has 0 saturated carbocycles. The van der Waals surface area contributed by atoms with Crippen molar-refractivity contribution in [1.82, 2.24) is 19.8 Å². The van der Waals surface area contributed by atoms with Crippen molar-refractivity contribution in [2.75, 3.05) is 23.8 Å². The van der Waals surface area contributed by atoms with Crippen molar-refractivity contribution in [3.63, 3.8) is 0 Å². The van der Waals surface area contributed by atoms with Crippen LogP contribution in [0.25, 0.3) is 5.65 Å². The summed E-state index contributed by atoms with van der Waals surface area (Å²) in [4.78, 5) is 0. The van der Waals surface area contributed by atoms with Gasteiger partial charge in [0, 0.05) is 25.1 Å². The first-order valence-electron chi connectivity index (χ1n) is 9.09. The summed E-state index contributed by atoms with van der Waals surface area (Å²) in [6.07, 6.45) is 0.992. The molecule has 0 spiro atoms. The highest BCUT2D eigenvalue weighted by Gasteiger charge is 2.19. The first-order chi connectivity index (χ1) is 12.7. The molecule has 1 aromatic carbocycles. The van der Waals surface area contributed by atoms with E-state index in [0.29, 0.717) is 12.6 Å². The molecule has 7 heteroatoms. The van der Waals surface area contributed by atoms with Crippen molar-refractivity contribution in [3.8, 4) is 0 Å². The number of hydrogen-bond donors (Lipinski definition) is 2. The van der Waals surface area contributed by atoms with Gasteiger partial charge in [-0.25, -0.2) is 0 Å². The van der Waals surface area contributed by atoms with Crippen molar-refractivity contribution in [1.29, 1.82) is 0 Å². The third kappa shape index (κ3) is 3.48. The average molecular weight is 352 g/mol. The predicted molar refractivity (Wildman–Crippen MR) is 101 cm³/mol. The molecule has 0 aliphatic carbocycles. The summed E-state index contributed by atoms with van der Waals surface area (Å²) in [6, 6.07) is 12.6. The van der Waals surface area contributed by atoms with Gasteiger partial charge >= 0.3 is 0 Å². The van der Waals surface area contributed by atoms with Crippen LogP contribution in [0.4, 0.5) is 11.5 Å². The molecule has 2 aromatic heterocycles. The van der Waals surface area contributed by atoms with Gasteiger partial charge in [-0.15, -0.1) is 15.3 Å². The lowest BCUT2D eigenvalue weighted by atomic mass is 10.2. The SMILES string of the molecule is CC(C)c1nnc2c(NCc3ccccc3)cc(N[C@@H]3CCOC3)nn12. The Hall–Kier alpha value is -2.67. The fourth-order valence-electron chi connectivity index (χ4n) is 3.11. The molecular formula is C19H24N6O. The van der Waals surface area contributed by atoms with E-state index in [9.17, 15) is 0 Å². The number of hydrogen-bond acceptors (Lipinski definition) is 6.